The fourth-order valence-electron chi connectivity index (χ4n) is 2.96. The molecule has 0 radical (unpaired) electrons. The van der Waals surface area contributed by atoms with Crippen molar-refractivity contribution in [1.29, 1.82) is 0 Å². The van der Waals surface area contributed by atoms with Gasteiger partial charge in [-0.25, -0.2) is 4.68 Å². The lowest BCUT2D eigenvalue weighted by molar-refractivity contribution is -0.116. The van der Waals surface area contributed by atoms with Gasteiger partial charge in [-0.2, -0.15) is 5.10 Å². The number of benzene rings is 2. The average Bonchev–Trinajstić information content (AvgIpc) is 2.95. The van der Waals surface area contributed by atoms with Gasteiger partial charge in [0.1, 0.15) is 0 Å². The van der Waals surface area contributed by atoms with E-state index in [0.717, 1.165) is 22.6 Å². The lowest BCUT2D eigenvalue weighted by Gasteiger charge is -2.07. The molecule has 0 aliphatic heterocycles. The maximum Gasteiger partial charge on any atom is 0.224 e. The van der Waals surface area contributed by atoms with E-state index in [-0.39, 0.29) is 24.5 Å². The van der Waals surface area contributed by atoms with Crippen molar-refractivity contribution in [2.75, 3.05) is 5.32 Å². The number of anilines is 1. The van der Waals surface area contributed by atoms with Crippen molar-refractivity contribution in [2.45, 2.75) is 33.6 Å². The van der Waals surface area contributed by atoms with Crippen LogP contribution in [0.2, 0.25) is 0 Å². The minimum Gasteiger partial charge on any atom is -0.323 e. The van der Waals surface area contributed by atoms with E-state index in [2.05, 4.69) is 10.4 Å². The van der Waals surface area contributed by atoms with Crippen molar-refractivity contribution in [3.63, 3.8) is 0 Å². The molecule has 2 aromatic carbocycles. The highest BCUT2D eigenvalue weighted by molar-refractivity contribution is 6.00. The number of para-hydroxylation sites is 1. The molecular weight excluding hydrogens is 338 g/mol. The van der Waals surface area contributed by atoms with Crippen molar-refractivity contribution < 1.29 is 9.59 Å². The monoisotopic (exact) mass is 361 g/mol. The van der Waals surface area contributed by atoms with Crippen molar-refractivity contribution in [3.05, 3.63) is 77.1 Å². The Morgan fingerprint density at radius 3 is 2.26 bits per heavy atom. The molecule has 3 rings (SSSR count). The van der Waals surface area contributed by atoms with Crippen LogP contribution in [0.15, 0.2) is 54.6 Å². The highest BCUT2D eigenvalue weighted by Gasteiger charge is 2.16. The summed E-state index contributed by atoms with van der Waals surface area (Å²) in [5.41, 5.74) is 4.98. The SMILES string of the molecule is Cc1ccc(C(=O)CCC(=O)Nc2c(C)nn(-c3ccccc3)c2C)cc1. The summed E-state index contributed by atoms with van der Waals surface area (Å²) >= 11 is 0. The van der Waals surface area contributed by atoms with Crippen molar-refractivity contribution in [2.24, 2.45) is 0 Å². The molecule has 3 aromatic rings. The Balaban J connectivity index is 1.65. The molecule has 0 spiro atoms. The van der Waals surface area contributed by atoms with Crippen LogP contribution in [0.4, 0.5) is 5.69 Å². The van der Waals surface area contributed by atoms with Gasteiger partial charge < -0.3 is 5.32 Å². The molecule has 1 heterocycles. The third-order valence-electron chi connectivity index (χ3n) is 4.51. The minimum absolute atomic E-state index is 0.0291. The molecule has 1 amide bonds. The molecule has 0 saturated carbocycles. The van der Waals surface area contributed by atoms with E-state index in [4.69, 9.17) is 0 Å². The van der Waals surface area contributed by atoms with Crippen LogP contribution in [0.3, 0.4) is 0 Å². The van der Waals surface area contributed by atoms with E-state index in [0.29, 0.717) is 11.3 Å². The van der Waals surface area contributed by atoms with Crippen LogP contribution in [0.5, 0.6) is 0 Å². The van der Waals surface area contributed by atoms with Crippen molar-refractivity contribution in [3.8, 4) is 5.69 Å². The van der Waals surface area contributed by atoms with Crippen LogP contribution >= 0.6 is 0 Å². The van der Waals surface area contributed by atoms with Gasteiger partial charge in [-0.15, -0.1) is 0 Å². The maximum absolute atomic E-state index is 12.4. The fraction of sp³-hybridized carbons (Fsp3) is 0.227. The van der Waals surface area contributed by atoms with Crippen LogP contribution in [-0.4, -0.2) is 21.5 Å². The first-order valence-electron chi connectivity index (χ1n) is 8.97. The Bertz CT molecular complexity index is 957. The van der Waals surface area contributed by atoms with Crippen LogP contribution in [-0.2, 0) is 4.79 Å². The summed E-state index contributed by atoms with van der Waals surface area (Å²) in [7, 11) is 0. The van der Waals surface area contributed by atoms with Crippen LogP contribution in [0, 0.1) is 20.8 Å². The van der Waals surface area contributed by atoms with E-state index < -0.39 is 0 Å². The summed E-state index contributed by atoms with van der Waals surface area (Å²) in [4.78, 5) is 24.6. The molecule has 27 heavy (non-hydrogen) atoms. The topological polar surface area (TPSA) is 64.0 Å². The number of carbonyl (C=O) groups excluding carboxylic acids is 2. The Labute approximate surface area is 159 Å². The molecule has 1 N–H and O–H groups in total. The van der Waals surface area contributed by atoms with E-state index >= 15 is 0 Å². The van der Waals surface area contributed by atoms with Gasteiger partial charge in [-0.3, -0.25) is 9.59 Å². The van der Waals surface area contributed by atoms with Gasteiger partial charge in [0.25, 0.3) is 0 Å². The summed E-state index contributed by atoms with van der Waals surface area (Å²) in [5, 5.41) is 7.43. The quantitative estimate of drug-likeness (QED) is 0.662. The zero-order chi connectivity index (χ0) is 19.4. The van der Waals surface area contributed by atoms with Gasteiger partial charge in [0, 0.05) is 18.4 Å². The number of Topliss-reactive ketones (excluding diaryl/α,β-unsaturated/α-hetero) is 1. The van der Waals surface area contributed by atoms with E-state index in [9.17, 15) is 9.59 Å². The summed E-state index contributed by atoms with van der Waals surface area (Å²) in [6.07, 6.45) is 0.321. The normalized spacial score (nSPS) is 10.6. The molecule has 0 unspecified atom stereocenters. The minimum atomic E-state index is -0.186. The van der Waals surface area contributed by atoms with Crippen LogP contribution < -0.4 is 5.32 Å². The molecule has 0 aliphatic rings. The Morgan fingerprint density at radius 1 is 0.926 bits per heavy atom. The fourth-order valence-corrected chi connectivity index (χ4v) is 2.96. The number of carbonyl (C=O) groups is 2. The molecule has 0 bridgehead atoms. The number of aromatic nitrogens is 2. The molecule has 0 saturated heterocycles. The molecule has 0 fully saturated rings. The predicted octanol–water partition coefficient (Wildman–Crippen LogP) is 4.40. The Hall–Kier alpha value is -3.21. The van der Waals surface area contributed by atoms with Crippen molar-refractivity contribution >= 4 is 17.4 Å². The van der Waals surface area contributed by atoms with E-state index in [1.807, 2.05) is 67.9 Å². The average molecular weight is 361 g/mol. The second kappa shape index (κ2) is 7.99. The number of amides is 1. The van der Waals surface area contributed by atoms with Gasteiger partial charge in [0.15, 0.2) is 5.78 Å². The van der Waals surface area contributed by atoms with E-state index in [1.54, 1.807) is 12.1 Å². The molecule has 0 aliphatic carbocycles. The standard InChI is InChI=1S/C22H23N3O2/c1-15-9-11-18(12-10-15)20(26)13-14-21(27)23-22-16(2)24-25(17(22)3)19-7-5-4-6-8-19/h4-12H,13-14H2,1-3H3,(H,23,27). The predicted molar refractivity (Wildman–Crippen MR) is 106 cm³/mol. The number of nitrogens with one attached hydrogen (secondary N) is 1. The van der Waals surface area contributed by atoms with E-state index in [1.165, 1.54) is 0 Å². The third kappa shape index (κ3) is 4.31. The van der Waals surface area contributed by atoms with Gasteiger partial charge >= 0.3 is 0 Å². The van der Waals surface area contributed by atoms with Gasteiger partial charge in [-0.1, -0.05) is 48.0 Å². The highest BCUT2D eigenvalue weighted by Crippen LogP contribution is 2.23. The number of hydrogen-bond acceptors (Lipinski definition) is 3. The zero-order valence-electron chi connectivity index (χ0n) is 15.8. The number of aryl methyl sites for hydroxylation is 2. The maximum atomic E-state index is 12.4. The smallest absolute Gasteiger partial charge is 0.224 e. The molecule has 0 atom stereocenters. The van der Waals surface area contributed by atoms with Gasteiger partial charge in [0.05, 0.1) is 22.8 Å². The van der Waals surface area contributed by atoms with Gasteiger partial charge in [0.2, 0.25) is 5.91 Å². The summed E-state index contributed by atoms with van der Waals surface area (Å²) in [5.74, 6) is -0.215. The highest BCUT2D eigenvalue weighted by atomic mass is 16.2. The first kappa shape index (κ1) is 18.6. The summed E-state index contributed by atoms with van der Waals surface area (Å²) < 4.78 is 1.81. The molecule has 5 nitrogen and oxygen atoms in total. The summed E-state index contributed by atoms with van der Waals surface area (Å²) in [6.45, 7) is 5.75. The number of hydrogen-bond donors (Lipinski definition) is 1. The lowest BCUT2D eigenvalue weighted by Crippen LogP contribution is -2.14. The first-order chi connectivity index (χ1) is 13.0. The lowest BCUT2D eigenvalue weighted by atomic mass is 10.0. The molecule has 138 valence electrons. The molecular formula is C22H23N3O2. The Morgan fingerprint density at radius 2 is 1.59 bits per heavy atom. The third-order valence-corrected chi connectivity index (χ3v) is 4.51. The second-order valence-electron chi connectivity index (χ2n) is 6.63. The molecule has 1 aromatic heterocycles. The number of ketones is 1. The summed E-state index contributed by atoms with van der Waals surface area (Å²) in [6, 6.07) is 17.2. The van der Waals surface area contributed by atoms with Crippen molar-refractivity contribution in [1.82, 2.24) is 9.78 Å². The van der Waals surface area contributed by atoms with Gasteiger partial charge in [-0.05, 0) is 32.9 Å². The number of nitrogens with zero attached hydrogens (tertiary/aromatic N) is 2. The largest absolute Gasteiger partial charge is 0.323 e. The van der Waals surface area contributed by atoms with Crippen LogP contribution in [0.1, 0.15) is 40.2 Å². The Kier molecular flexibility index (Phi) is 5.50. The molecule has 5 heteroatoms. The first-order valence-corrected chi connectivity index (χ1v) is 8.97. The second-order valence-corrected chi connectivity index (χ2v) is 6.63. The van der Waals surface area contributed by atoms with Crippen LogP contribution in [0.25, 0.3) is 5.69 Å². The number of rotatable bonds is 6. The zero-order valence-corrected chi connectivity index (χ0v) is 15.8.